The van der Waals surface area contributed by atoms with Gasteiger partial charge in [0.2, 0.25) is 0 Å². The Hall–Kier alpha value is -3.56. The van der Waals surface area contributed by atoms with Gasteiger partial charge in [0.05, 0.1) is 9.83 Å². The lowest BCUT2D eigenvalue weighted by Gasteiger charge is -2.00. The van der Waals surface area contributed by atoms with Crippen molar-refractivity contribution in [3.8, 4) is 0 Å². The number of nitro groups is 1. The Kier molecular flexibility index (Phi) is 6.54. The van der Waals surface area contributed by atoms with Crippen LogP contribution in [0, 0.1) is 19.9 Å². The minimum Gasteiger partial charge on any atom is -0.258 e. The molecule has 10 heteroatoms. The van der Waals surface area contributed by atoms with Gasteiger partial charge in [0, 0.05) is 36.1 Å². The first-order valence-corrected chi connectivity index (χ1v) is 7.68. The molecule has 0 bridgehead atoms. The molecule has 0 unspecified atom stereocenters. The Morgan fingerprint density at radius 1 is 0.808 bits per heavy atom. The molecule has 136 valence electrons. The van der Waals surface area contributed by atoms with Crippen LogP contribution in [0.15, 0.2) is 48.5 Å². The predicted molar refractivity (Wildman–Crippen MR) is 87.6 cm³/mol. The molecule has 0 saturated heterocycles. The first kappa shape index (κ1) is 18.8. The molecule has 10 nitrogen and oxygen atoms in total. The summed E-state index contributed by atoms with van der Waals surface area (Å²) in [6.45, 7) is -0.185. The quantitative estimate of drug-likeness (QED) is 0.508. The summed E-state index contributed by atoms with van der Waals surface area (Å²) in [6.07, 6.45) is 0.361. The Morgan fingerprint density at radius 2 is 1.27 bits per heavy atom. The van der Waals surface area contributed by atoms with Gasteiger partial charge in [-0.3, -0.25) is 10.1 Å². The smallest absolute Gasteiger partial charge is 0.258 e. The number of benzene rings is 2. The molecule has 0 heterocycles. The number of rotatable bonds is 10. The van der Waals surface area contributed by atoms with Crippen LogP contribution in [-0.2, 0) is 22.5 Å². The van der Waals surface area contributed by atoms with E-state index < -0.39 is 4.92 Å². The van der Waals surface area contributed by atoms with Crippen molar-refractivity contribution in [2.24, 2.45) is 0 Å². The third kappa shape index (κ3) is 5.23. The number of hydrogen-bond acceptors (Lipinski definition) is 6. The SMILES string of the molecule is O=[N+](OCCc1ccccc1[N+](=O)[O-])OCCc1ccccc1[N+](=O)O. The van der Waals surface area contributed by atoms with Crippen LogP contribution in [0.1, 0.15) is 11.1 Å². The van der Waals surface area contributed by atoms with Crippen molar-refractivity contribution in [2.45, 2.75) is 12.8 Å². The summed E-state index contributed by atoms with van der Waals surface area (Å²) in [5, 5.41) is 19.8. The van der Waals surface area contributed by atoms with Crippen LogP contribution in [0.2, 0.25) is 0 Å². The lowest BCUT2D eigenvalue weighted by molar-refractivity contribution is -0.981. The lowest BCUT2D eigenvalue weighted by atomic mass is 10.1. The van der Waals surface area contributed by atoms with Gasteiger partial charge >= 0.3 is 10.8 Å². The minimum absolute atomic E-state index is 0.0442. The molecule has 1 N–H and O–H groups in total. The van der Waals surface area contributed by atoms with Crippen LogP contribution in [0.5, 0.6) is 0 Å². The van der Waals surface area contributed by atoms with E-state index in [-0.39, 0.29) is 47.4 Å². The van der Waals surface area contributed by atoms with Crippen molar-refractivity contribution >= 4 is 11.4 Å². The summed E-state index contributed by atoms with van der Waals surface area (Å²) in [5.74, 6) is 0. The topological polar surface area (TPSA) is 122 Å². The molecular formula is C16H17N3O7+2. The van der Waals surface area contributed by atoms with Crippen LogP contribution >= 0.6 is 0 Å². The average Bonchev–Trinajstić information content (AvgIpc) is 2.62. The van der Waals surface area contributed by atoms with Gasteiger partial charge in [-0.1, -0.05) is 36.4 Å². The third-order valence-corrected chi connectivity index (χ3v) is 3.52. The van der Waals surface area contributed by atoms with Crippen LogP contribution in [-0.4, -0.2) is 33.4 Å². The molecule has 0 aromatic heterocycles. The van der Waals surface area contributed by atoms with Gasteiger partial charge in [-0.15, -0.1) is 0 Å². The minimum atomic E-state index is -0.501. The standard InChI is InChI=1S/C16H17N3O7/c20-17(21)15-7-3-1-5-13(15)9-11-25-19(24)26-12-10-14-6-2-4-8-16(14)18(22)23/h1-8H,9-12H2,(H,20,21)/q+2. The van der Waals surface area contributed by atoms with Crippen LogP contribution in [0.25, 0.3) is 0 Å². The van der Waals surface area contributed by atoms with Gasteiger partial charge in [0.25, 0.3) is 10.6 Å². The summed E-state index contributed by atoms with van der Waals surface area (Å²) >= 11 is 0. The zero-order valence-electron chi connectivity index (χ0n) is 13.7. The molecule has 26 heavy (non-hydrogen) atoms. The van der Waals surface area contributed by atoms with E-state index in [1.54, 1.807) is 36.4 Å². The molecule has 0 aliphatic rings. The van der Waals surface area contributed by atoms with Gasteiger partial charge in [-0.2, -0.15) is 9.68 Å². The maximum Gasteiger partial charge on any atom is 0.477 e. The van der Waals surface area contributed by atoms with Crippen molar-refractivity contribution in [1.29, 1.82) is 0 Å². The van der Waals surface area contributed by atoms with Crippen LogP contribution in [0.3, 0.4) is 0 Å². The average molecular weight is 363 g/mol. The highest BCUT2D eigenvalue weighted by Gasteiger charge is 2.20. The predicted octanol–water partition coefficient (Wildman–Crippen LogP) is 2.82. The van der Waals surface area contributed by atoms with E-state index in [1.807, 2.05) is 0 Å². The highest BCUT2D eigenvalue weighted by atomic mass is 17.0. The highest BCUT2D eigenvalue weighted by Crippen LogP contribution is 2.18. The van der Waals surface area contributed by atoms with Gasteiger partial charge in [0.15, 0.2) is 13.2 Å². The van der Waals surface area contributed by atoms with Crippen molar-refractivity contribution < 1.29 is 29.8 Å². The number of hydrogen-bond donors (Lipinski definition) is 1. The zero-order valence-corrected chi connectivity index (χ0v) is 13.7. The molecule has 0 aliphatic heterocycles. The molecule has 2 rings (SSSR count). The van der Waals surface area contributed by atoms with Crippen LogP contribution in [0.4, 0.5) is 11.4 Å². The first-order valence-electron chi connectivity index (χ1n) is 7.68. The van der Waals surface area contributed by atoms with Gasteiger partial charge in [-0.25, -0.2) is 5.21 Å². The highest BCUT2D eigenvalue weighted by molar-refractivity contribution is 5.40. The summed E-state index contributed by atoms with van der Waals surface area (Å²) in [6, 6.07) is 12.5. The maximum absolute atomic E-state index is 11.5. The van der Waals surface area contributed by atoms with Crippen LogP contribution < -0.4 is 0 Å². The second-order valence-corrected chi connectivity index (χ2v) is 5.18. The fourth-order valence-electron chi connectivity index (χ4n) is 2.31. The molecule has 2 aromatic carbocycles. The Bertz CT molecular complexity index is 744. The molecule has 0 atom stereocenters. The number of nitrogens with zero attached hydrogens (tertiary/aromatic N) is 3. The summed E-state index contributed by atoms with van der Waals surface area (Å²) in [7, 11) is 0. The second-order valence-electron chi connectivity index (χ2n) is 5.18. The normalized spacial score (nSPS) is 10.2. The van der Waals surface area contributed by atoms with Gasteiger partial charge < -0.3 is 0 Å². The van der Waals surface area contributed by atoms with E-state index in [1.165, 1.54) is 12.1 Å². The Labute approximate surface area is 147 Å². The van der Waals surface area contributed by atoms with E-state index in [4.69, 9.17) is 14.9 Å². The second kappa shape index (κ2) is 9.06. The fourth-order valence-corrected chi connectivity index (χ4v) is 2.31. The largest absolute Gasteiger partial charge is 0.477 e. The number of para-hydroxylation sites is 2. The summed E-state index contributed by atoms with van der Waals surface area (Å²) < 4.78 is 0. The fraction of sp³-hybridized carbons (Fsp3) is 0.250. The first-order chi connectivity index (χ1) is 12.5. The summed E-state index contributed by atoms with van der Waals surface area (Å²) in [5.41, 5.74) is 0.958. The van der Waals surface area contributed by atoms with E-state index in [9.17, 15) is 19.9 Å². The molecule has 0 aliphatic carbocycles. The van der Waals surface area contributed by atoms with Crippen molar-refractivity contribution in [1.82, 2.24) is 0 Å². The van der Waals surface area contributed by atoms with Gasteiger partial charge in [-0.05, 0) is 0 Å². The lowest BCUT2D eigenvalue weighted by Crippen LogP contribution is -2.15. The molecule has 0 spiro atoms. The third-order valence-electron chi connectivity index (χ3n) is 3.52. The van der Waals surface area contributed by atoms with Crippen molar-refractivity contribution in [3.63, 3.8) is 0 Å². The van der Waals surface area contributed by atoms with Crippen molar-refractivity contribution in [3.05, 3.63) is 79.6 Å². The van der Waals surface area contributed by atoms with E-state index in [2.05, 4.69) is 0 Å². The monoisotopic (exact) mass is 363 g/mol. The van der Waals surface area contributed by atoms with E-state index in [0.717, 1.165) is 0 Å². The molecule has 0 radical (unpaired) electrons. The van der Waals surface area contributed by atoms with Gasteiger partial charge in [0.1, 0.15) is 4.91 Å². The Balaban J connectivity index is 1.77. The summed E-state index contributed by atoms with van der Waals surface area (Å²) in [4.78, 5) is 42.2. The Morgan fingerprint density at radius 3 is 1.77 bits per heavy atom. The molecular weight excluding hydrogens is 346 g/mol. The number of nitro benzene ring substituents is 1. The molecule has 0 amide bonds. The zero-order chi connectivity index (χ0) is 18.9. The van der Waals surface area contributed by atoms with E-state index in [0.29, 0.717) is 11.1 Å². The van der Waals surface area contributed by atoms with E-state index >= 15 is 0 Å². The maximum atomic E-state index is 11.5. The molecule has 0 fully saturated rings. The molecule has 2 aromatic rings. The van der Waals surface area contributed by atoms with Crippen molar-refractivity contribution in [2.75, 3.05) is 13.2 Å². The molecule has 0 saturated carbocycles.